The molecule has 0 bridgehead atoms. The summed E-state index contributed by atoms with van der Waals surface area (Å²) >= 11 is 4.62. The van der Waals surface area contributed by atoms with Gasteiger partial charge in [-0.25, -0.2) is 8.78 Å². The summed E-state index contributed by atoms with van der Waals surface area (Å²) in [5.41, 5.74) is 5.42. The van der Waals surface area contributed by atoms with Gasteiger partial charge in [0, 0.05) is 11.6 Å². The number of hydrogen-bond acceptors (Lipinski definition) is 2. The van der Waals surface area contributed by atoms with Gasteiger partial charge in [0.25, 0.3) is 0 Å². The molecule has 0 aliphatic carbocycles. The van der Waals surface area contributed by atoms with E-state index in [2.05, 4.69) is 12.2 Å². The fraction of sp³-hybridized carbons (Fsp3) is 0.222. The van der Waals surface area contributed by atoms with Gasteiger partial charge >= 0.3 is 0 Å². The van der Waals surface area contributed by atoms with Gasteiger partial charge in [-0.3, -0.25) is 0 Å². The van der Waals surface area contributed by atoms with Crippen molar-refractivity contribution in [1.29, 1.82) is 0 Å². The molecule has 5 heteroatoms. The average molecular weight is 217 g/mol. The van der Waals surface area contributed by atoms with Crippen LogP contribution >= 0.6 is 12.2 Å². The van der Waals surface area contributed by atoms with Crippen LogP contribution in [-0.4, -0.2) is 18.3 Å². The van der Waals surface area contributed by atoms with Gasteiger partial charge in [-0.15, -0.1) is 0 Å². The first kappa shape index (κ1) is 10.8. The monoisotopic (exact) mass is 217 g/mol. The molecular weight excluding hydrogens is 208 g/mol. The molecule has 76 valence electrons. The molecular formula is C9H9F2NOS. The summed E-state index contributed by atoms with van der Waals surface area (Å²) in [7, 11) is 0. The molecule has 0 radical (unpaired) electrons. The Balaban J connectivity index is 2.83. The Morgan fingerprint density at radius 1 is 1.50 bits per heavy atom. The van der Waals surface area contributed by atoms with E-state index >= 15 is 0 Å². The second-order valence-corrected chi connectivity index (χ2v) is 2.98. The van der Waals surface area contributed by atoms with Crippen molar-refractivity contribution in [1.82, 2.24) is 0 Å². The summed E-state index contributed by atoms with van der Waals surface area (Å²) in [4.78, 5) is -0.0143. The zero-order chi connectivity index (χ0) is 10.6. The van der Waals surface area contributed by atoms with Crippen LogP contribution < -0.4 is 10.5 Å². The van der Waals surface area contributed by atoms with Crippen LogP contribution in [0.2, 0.25) is 0 Å². The van der Waals surface area contributed by atoms with Crippen LogP contribution in [0.4, 0.5) is 8.78 Å². The lowest BCUT2D eigenvalue weighted by molar-refractivity contribution is 0.272. The molecule has 0 saturated heterocycles. The number of rotatable bonds is 4. The summed E-state index contributed by atoms with van der Waals surface area (Å²) < 4.78 is 29.8. The van der Waals surface area contributed by atoms with E-state index in [0.29, 0.717) is 0 Å². The molecule has 0 fully saturated rings. The van der Waals surface area contributed by atoms with Crippen LogP contribution in [0, 0.1) is 5.82 Å². The molecule has 0 unspecified atom stereocenters. The standard InChI is InChI=1S/C9H9F2NOS/c10-3-4-13-6-1-2-7(9(12)14)8(11)5-6/h1-2,5H,3-4H2,(H2,12,14). The van der Waals surface area contributed by atoms with Crippen molar-refractivity contribution in [2.24, 2.45) is 5.73 Å². The summed E-state index contributed by atoms with van der Waals surface area (Å²) in [6.07, 6.45) is 0. The predicted octanol–water partition coefficient (Wildman–Crippen LogP) is 1.81. The zero-order valence-corrected chi connectivity index (χ0v) is 8.11. The lowest BCUT2D eigenvalue weighted by Crippen LogP contribution is -2.11. The third-order valence-corrected chi connectivity index (χ3v) is 1.77. The molecule has 14 heavy (non-hydrogen) atoms. The fourth-order valence-corrected chi connectivity index (χ4v) is 1.11. The topological polar surface area (TPSA) is 35.2 Å². The van der Waals surface area contributed by atoms with E-state index < -0.39 is 12.5 Å². The maximum atomic E-state index is 13.2. The van der Waals surface area contributed by atoms with E-state index in [0.717, 1.165) is 6.07 Å². The van der Waals surface area contributed by atoms with Gasteiger partial charge in [-0.2, -0.15) is 0 Å². The van der Waals surface area contributed by atoms with Crippen molar-refractivity contribution in [2.75, 3.05) is 13.3 Å². The van der Waals surface area contributed by atoms with Crippen molar-refractivity contribution in [2.45, 2.75) is 0 Å². The number of halogens is 2. The lowest BCUT2D eigenvalue weighted by atomic mass is 10.2. The Hall–Kier alpha value is -1.23. The minimum absolute atomic E-state index is 0.0143. The van der Waals surface area contributed by atoms with E-state index in [9.17, 15) is 8.78 Å². The highest BCUT2D eigenvalue weighted by molar-refractivity contribution is 7.80. The maximum Gasteiger partial charge on any atom is 0.137 e. The highest BCUT2D eigenvalue weighted by atomic mass is 32.1. The molecule has 2 N–H and O–H groups in total. The van der Waals surface area contributed by atoms with Gasteiger partial charge in [0.1, 0.15) is 29.8 Å². The molecule has 0 saturated carbocycles. The molecule has 0 aliphatic rings. The highest BCUT2D eigenvalue weighted by Gasteiger charge is 2.06. The van der Waals surface area contributed by atoms with Crippen molar-refractivity contribution in [3.8, 4) is 5.75 Å². The van der Waals surface area contributed by atoms with Crippen LogP contribution in [0.15, 0.2) is 18.2 Å². The van der Waals surface area contributed by atoms with Gasteiger partial charge in [0.2, 0.25) is 0 Å². The summed E-state index contributed by atoms with van der Waals surface area (Å²) in [6, 6.07) is 4.03. The maximum absolute atomic E-state index is 13.2. The molecule has 0 aromatic heterocycles. The van der Waals surface area contributed by atoms with Crippen LogP contribution in [0.5, 0.6) is 5.75 Å². The molecule has 1 rings (SSSR count). The third kappa shape index (κ3) is 2.63. The minimum atomic E-state index is -0.612. The summed E-state index contributed by atoms with van der Waals surface area (Å²) in [5, 5.41) is 0. The predicted molar refractivity (Wildman–Crippen MR) is 53.8 cm³/mol. The second kappa shape index (κ2) is 4.85. The largest absolute Gasteiger partial charge is 0.491 e. The van der Waals surface area contributed by atoms with Crippen LogP contribution in [0.3, 0.4) is 0 Å². The Morgan fingerprint density at radius 2 is 2.21 bits per heavy atom. The molecule has 1 aromatic carbocycles. The third-order valence-electron chi connectivity index (χ3n) is 1.55. The summed E-state index contributed by atoms with van der Waals surface area (Å²) in [5.74, 6) is -0.297. The molecule has 0 aliphatic heterocycles. The van der Waals surface area contributed by atoms with Crippen molar-refractivity contribution in [3.05, 3.63) is 29.6 Å². The number of ether oxygens (including phenoxy) is 1. The molecule has 0 heterocycles. The van der Waals surface area contributed by atoms with E-state index in [1.165, 1.54) is 12.1 Å². The number of benzene rings is 1. The first-order valence-electron chi connectivity index (χ1n) is 3.93. The van der Waals surface area contributed by atoms with Gasteiger partial charge in [-0.05, 0) is 12.1 Å². The minimum Gasteiger partial charge on any atom is -0.491 e. The van der Waals surface area contributed by atoms with E-state index in [1.54, 1.807) is 0 Å². The normalized spacial score (nSPS) is 9.86. The Morgan fingerprint density at radius 3 is 2.71 bits per heavy atom. The number of alkyl halides is 1. The smallest absolute Gasteiger partial charge is 0.137 e. The lowest BCUT2D eigenvalue weighted by Gasteiger charge is -2.05. The molecule has 2 nitrogen and oxygen atoms in total. The first-order valence-corrected chi connectivity index (χ1v) is 4.34. The van der Waals surface area contributed by atoms with Gasteiger partial charge in [-0.1, -0.05) is 12.2 Å². The number of thiocarbonyl (C=S) groups is 1. The Bertz CT molecular complexity index is 344. The van der Waals surface area contributed by atoms with Gasteiger partial charge < -0.3 is 10.5 Å². The van der Waals surface area contributed by atoms with E-state index in [-0.39, 0.29) is 22.9 Å². The zero-order valence-electron chi connectivity index (χ0n) is 7.30. The Labute approximate surface area is 85.7 Å². The fourth-order valence-electron chi connectivity index (χ4n) is 0.942. The molecule has 0 spiro atoms. The first-order chi connectivity index (χ1) is 6.65. The van der Waals surface area contributed by atoms with Crippen LogP contribution in [-0.2, 0) is 0 Å². The molecule has 0 atom stereocenters. The molecule has 1 aromatic rings. The number of hydrogen-bond donors (Lipinski definition) is 1. The van der Waals surface area contributed by atoms with Crippen LogP contribution in [0.1, 0.15) is 5.56 Å². The van der Waals surface area contributed by atoms with Gasteiger partial charge in [0.05, 0.1) is 0 Å². The number of nitrogens with two attached hydrogens (primary N) is 1. The van der Waals surface area contributed by atoms with Crippen molar-refractivity contribution >= 4 is 17.2 Å². The van der Waals surface area contributed by atoms with Gasteiger partial charge in [0.15, 0.2) is 0 Å². The van der Waals surface area contributed by atoms with E-state index in [1.807, 2.05) is 0 Å². The van der Waals surface area contributed by atoms with Crippen LogP contribution in [0.25, 0.3) is 0 Å². The average Bonchev–Trinajstić information content (AvgIpc) is 2.14. The molecule has 0 amide bonds. The van der Waals surface area contributed by atoms with E-state index in [4.69, 9.17) is 10.5 Å². The van der Waals surface area contributed by atoms with Crippen molar-refractivity contribution < 1.29 is 13.5 Å². The highest BCUT2D eigenvalue weighted by Crippen LogP contribution is 2.16. The quantitative estimate of drug-likeness (QED) is 0.781. The summed E-state index contributed by atoms with van der Waals surface area (Å²) in [6.45, 7) is -0.704. The Kier molecular flexibility index (Phi) is 3.76. The van der Waals surface area contributed by atoms with Crippen molar-refractivity contribution in [3.63, 3.8) is 0 Å². The SMILES string of the molecule is NC(=S)c1ccc(OCCF)cc1F. The second-order valence-electron chi connectivity index (χ2n) is 2.54.